The highest BCUT2D eigenvalue weighted by atomic mass is 19.1. The van der Waals surface area contributed by atoms with Crippen LogP contribution in [0.5, 0.6) is 0 Å². The summed E-state index contributed by atoms with van der Waals surface area (Å²) in [5.41, 5.74) is 8.37. The van der Waals surface area contributed by atoms with Gasteiger partial charge in [-0.25, -0.2) is 4.39 Å². The van der Waals surface area contributed by atoms with E-state index >= 15 is 0 Å². The number of aryl methyl sites for hydroxylation is 1. The molecule has 1 aliphatic carbocycles. The second-order valence-electron chi connectivity index (χ2n) is 5.58. The van der Waals surface area contributed by atoms with Crippen molar-refractivity contribution in [1.82, 2.24) is 4.90 Å². The minimum atomic E-state index is -0.267. The molecule has 0 fully saturated rings. The molecule has 0 saturated heterocycles. The van der Waals surface area contributed by atoms with Crippen molar-refractivity contribution in [2.45, 2.75) is 52.0 Å². The first kappa shape index (κ1) is 14.3. The Bertz CT molecular complexity index is 425. The van der Waals surface area contributed by atoms with Crippen LogP contribution in [0.25, 0.3) is 0 Å². The molecule has 0 amide bonds. The third kappa shape index (κ3) is 3.27. The monoisotopic (exact) mass is 264 g/mol. The Morgan fingerprint density at radius 2 is 1.89 bits per heavy atom. The van der Waals surface area contributed by atoms with Crippen LogP contribution in [0.2, 0.25) is 0 Å². The topological polar surface area (TPSA) is 29.3 Å². The van der Waals surface area contributed by atoms with Crippen LogP contribution in [0.15, 0.2) is 12.1 Å². The standard InChI is InChI=1S/C16H25FN2/c1-3-7-19(8-4-2)14-6-5-12-10-15(17)16(18)11-13(12)9-14/h10-11,14H,3-9,18H2,1-2H3. The van der Waals surface area contributed by atoms with E-state index in [0.29, 0.717) is 6.04 Å². The van der Waals surface area contributed by atoms with Crippen LogP contribution in [0.1, 0.15) is 44.2 Å². The molecule has 0 aromatic heterocycles. The van der Waals surface area contributed by atoms with Gasteiger partial charge in [0.2, 0.25) is 0 Å². The van der Waals surface area contributed by atoms with E-state index in [4.69, 9.17) is 5.73 Å². The molecule has 0 aliphatic heterocycles. The van der Waals surface area contributed by atoms with Crippen molar-refractivity contribution in [2.24, 2.45) is 0 Å². The van der Waals surface area contributed by atoms with Crippen molar-refractivity contribution < 1.29 is 4.39 Å². The number of nitrogens with two attached hydrogens (primary N) is 1. The Morgan fingerprint density at radius 1 is 1.21 bits per heavy atom. The predicted octanol–water partition coefficient (Wildman–Crippen LogP) is 3.39. The molecular weight excluding hydrogens is 239 g/mol. The van der Waals surface area contributed by atoms with Gasteiger partial charge in [-0.1, -0.05) is 13.8 Å². The van der Waals surface area contributed by atoms with E-state index in [-0.39, 0.29) is 11.5 Å². The highest BCUT2D eigenvalue weighted by Gasteiger charge is 2.24. The van der Waals surface area contributed by atoms with E-state index in [2.05, 4.69) is 18.7 Å². The Hall–Kier alpha value is -1.09. The van der Waals surface area contributed by atoms with Crippen LogP contribution in [-0.2, 0) is 12.8 Å². The Labute approximate surface area is 115 Å². The fourth-order valence-electron chi connectivity index (χ4n) is 3.14. The molecule has 0 radical (unpaired) electrons. The molecule has 0 spiro atoms. The van der Waals surface area contributed by atoms with E-state index in [1.165, 1.54) is 18.4 Å². The SMILES string of the molecule is CCCN(CCC)C1CCc2cc(F)c(N)cc2C1. The molecule has 2 rings (SSSR count). The quantitative estimate of drug-likeness (QED) is 0.826. The normalized spacial score (nSPS) is 18.6. The maximum Gasteiger partial charge on any atom is 0.146 e. The van der Waals surface area contributed by atoms with Gasteiger partial charge >= 0.3 is 0 Å². The molecule has 1 unspecified atom stereocenters. The average Bonchev–Trinajstić information content (AvgIpc) is 2.39. The van der Waals surface area contributed by atoms with Gasteiger partial charge in [-0.3, -0.25) is 0 Å². The second kappa shape index (κ2) is 6.38. The summed E-state index contributed by atoms with van der Waals surface area (Å²) < 4.78 is 13.5. The van der Waals surface area contributed by atoms with Gasteiger partial charge in [-0.15, -0.1) is 0 Å². The summed E-state index contributed by atoms with van der Waals surface area (Å²) in [6.07, 6.45) is 5.50. The highest BCUT2D eigenvalue weighted by molar-refractivity contribution is 5.47. The van der Waals surface area contributed by atoms with Gasteiger partial charge < -0.3 is 10.6 Å². The number of hydrogen-bond acceptors (Lipinski definition) is 2. The highest BCUT2D eigenvalue weighted by Crippen LogP contribution is 2.28. The average molecular weight is 264 g/mol. The third-order valence-electron chi connectivity index (χ3n) is 4.06. The van der Waals surface area contributed by atoms with Crippen LogP contribution in [0, 0.1) is 5.82 Å². The number of fused-ring (bicyclic) bond motifs is 1. The second-order valence-corrected chi connectivity index (χ2v) is 5.58. The molecule has 0 heterocycles. The van der Waals surface area contributed by atoms with Crippen LogP contribution in [0.4, 0.5) is 10.1 Å². The lowest BCUT2D eigenvalue weighted by Crippen LogP contribution is -2.40. The van der Waals surface area contributed by atoms with Crippen LogP contribution < -0.4 is 5.73 Å². The van der Waals surface area contributed by atoms with Crippen molar-refractivity contribution in [2.75, 3.05) is 18.8 Å². The summed E-state index contributed by atoms with van der Waals surface area (Å²) in [6.45, 7) is 6.77. The molecule has 0 bridgehead atoms. The van der Waals surface area contributed by atoms with Crippen molar-refractivity contribution in [3.63, 3.8) is 0 Å². The summed E-state index contributed by atoms with van der Waals surface area (Å²) in [6, 6.07) is 4.06. The summed E-state index contributed by atoms with van der Waals surface area (Å²) in [7, 11) is 0. The smallest absolute Gasteiger partial charge is 0.146 e. The van der Waals surface area contributed by atoms with Gasteiger partial charge in [0.05, 0.1) is 5.69 Å². The summed E-state index contributed by atoms with van der Waals surface area (Å²) in [5.74, 6) is -0.267. The fraction of sp³-hybridized carbons (Fsp3) is 0.625. The van der Waals surface area contributed by atoms with E-state index in [1.54, 1.807) is 6.07 Å². The van der Waals surface area contributed by atoms with E-state index in [9.17, 15) is 4.39 Å². The van der Waals surface area contributed by atoms with Crippen molar-refractivity contribution in [3.8, 4) is 0 Å². The van der Waals surface area contributed by atoms with E-state index in [1.807, 2.05) is 6.07 Å². The molecule has 2 nitrogen and oxygen atoms in total. The van der Waals surface area contributed by atoms with Crippen LogP contribution in [0.3, 0.4) is 0 Å². The summed E-state index contributed by atoms with van der Waals surface area (Å²) in [4.78, 5) is 2.59. The summed E-state index contributed by atoms with van der Waals surface area (Å²) in [5, 5.41) is 0. The zero-order valence-electron chi connectivity index (χ0n) is 12.1. The first-order chi connectivity index (χ1) is 9.15. The van der Waals surface area contributed by atoms with Crippen molar-refractivity contribution in [3.05, 3.63) is 29.1 Å². The molecule has 0 saturated carbocycles. The van der Waals surface area contributed by atoms with Crippen molar-refractivity contribution in [1.29, 1.82) is 0 Å². The molecular formula is C16H25FN2. The zero-order valence-corrected chi connectivity index (χ0v) is 12.1. The molecule has 1 aromatic carbocycles. The Morgan fingerprint density at radius 3 is 2.53 bits per heavy atom. The van der Waals surface area contributed by atoms with Crippen LogP contribution in [-0.4, -0.2) is 24.0 Å². The zero-order chi connectivity index (χ0) is 13.8. The fourth-order valence-corrected chi connectivity index (χ4v) is 3.14. The van der Waals surface area contributed by atoms with E-state index in [0.717, 1.165) is 37.9 Å². The van der Waals surface area contributed by atoms with Crippen molar-refractivity contribution >= 4 is 5.69 Å². The van der Waals surface area contributed by atoms with E-state index < -0.39 is 0 Å². The minimum absolute atomic E-state index is 0.267. The number of hydrogen-bond donors (Lipinski definition) is 1. The van der Waals surface area contributed by atoms with Gasteiger partial charge in [0, 0.05) is 6.04 Å². The lowest BCUT2D eigenvalue weighted by Gasteiger charge is -2.35. The third-order valence-corrected chi connectivity index (χ3v) is 4.06. The maximum atomic E-state index is 13.5. The molecule has 3 heteroatoms. The minimum Gasteiger partial charge on any atom is -0.396 e. The number of halogens is 1. The predicted molar refractivity (Wildman–Crippen MR) is 78.8 cm³/mol. The number of benzene rings is 1. The first-order valence-corrected chi connectivity index (χ1v) is 7.46. The Balaban J connectivity index is 2.14. The van der Waals surface area contributed by atoms with Crippen LogP contribution >= 0.6 is 0 Å². The number of anilines is 1. The van der Waals surface area contributed by atoms with Gasteiger partial charge in [-0.05, 0) is 68.5 Å². The van der Waals surface area contributed by atoms with Gasteiger partial charge in [0.1, 0.15) is 5.82 Å². The lowest BCUT2D eigenvalue weighted by molar-refractivity contribution is 0.180. The largest absolute Gasteiger partial charge is 0.396 e. The molecule has 1 atom stereocenters. The molecule has 106 valence electrons. The number of nitrogens with zero attached hydrogens (tertiary/aromatic N) is 1. The lowest BCUT2D eigenvalue weighted by atomic mass is 9.87. The molecule has 19 heavy (non-hydrogen) atoms. The molecule has 1 aliphatic rings. The summed E-state index contributed by atoms with van der Waals surface area (Å²) >= 11 is 0. The number of rotatable bonds is 5. The maximum absolute atomic E-state index is 13.5. The van der Waals surface area contributed by atoms with Gasteiger partial charge in [0.25, 0.3) is 0 Å². The Kier molecular flexibility index (Phi) is 4.81. The van der Waals surface area contributed by atoms with Gasteiger partial charge in [-0.2, -0.15) is 0 Å². The van der Waals surface area contributed by atoms with Gasteiger partial charge in [0.15, 0.2) is 0 Å². The number of nitrogen functional groups attached to an aromatic ring is 1. The first-order valence-electron chi connectivity index (χ1n) is 7.46. The molecule has 2 N–H and O–H groups in total. The molecule has 1 aromatic rings.